The lowest BCUT2D eigenvalue weighted by Crippen LogP contribution is -2.37. The summed E-state index contributed by atoms with van der Waals surface area (Å²) in [6.07, 6.45) is 0. The summed E-state index contributed by atoms with van der Waals surface area (Å²) >= 11 is 0. The fourth-order valence-corrected chi connectivity index (χ4v) is 1.94. The number of halogens is 1. The molecule has 1 aliphatic rings. The number of rotatable bonds is 4. The Morgan fingerprint density at radius 1 is 1.41 bits per heavy atom. The molecule has 2 rings (SSSR count). The third kappa shape index (κ3) is 3.15. The van der Waals surface area contributed by atoms with E-state index in [0.717, 1.165) is 24.3 Å². The van der Waals surface area contributed by atoms with Crippen LogP contribution in [-0.2, 0) is 16.1 Å². The minimum atomic E-state index is -0.215. The van der Waals surface area contributed by atoms with Crippen molar-refractivity contribution in [3.8, 4) is 0 Å². The second kappa shape index (κ2) is 5.95. The summed E-state index contributed by atoms with van der Waals surface area (Å²) in [4.78, 5) is 6.97. The fourth-order valence-electron chi connectivity index (χ4n) is 1.94. The van der Waals surface area contributed by atoms with Crippen molar-refractivity contribution in [3.05, 3.63) is 29.6 Å². The largest absolute Gasteiger partial charge is 0.378 e. The molecule has 1 saturated heterocycles. The zero-order chi connectivity index (χ0) is 12.1. The van der Waals surface area contributed by atoms with Crippen molar-refractivity contribution in [3.63, 3.8) is 0 Å². The van der Waals surface area contributed by atoms with Gasteiger partial charge in [-0.25, -0.2) is 4.39 Å². The second-order valence-electron chi connectivity index (χ2n) is 3.90. The van der Waals surface area contributed by atoms with Crippen LogP contribution in [0, 0.1) is 5.82 Å². The van der Waals surface area contributed by atoms with Crippen molar-refractivity contribution in [2.24, 2.45) is 0 Å². The van der Waals surface area contributed by atoms with E-state index in [0.29, 0.717) is 19.8 Å². The standard InChI is InChI=1S/C12H17FN2O2/c1-16-14-9-10-2-3-11(13)8-12(10)15-4-6-17-7-5-15/h2-3,8,14H,4-7,9H2,1H3. The molecule has 0 spiro atoms. The van der Waals surface area contributed by atoms with Crippen LogP contribution in [0.1, 0.15) is 5.56 Å². The highest BCUT2D eigenvalue weighted by atomic mass is 19.1. The summed E-state index contributed by atoms with van der Waals surface area (Å²) in [6.45, 7) is 3.53. The first-order valence-corrected chi connectivity index (χ1v) is 5.68. The highest BCUT2D eigenvalue weighted by Crippen LogP contribution is 2.23. The summed E-state index contributed by atoms with van der Waals surface area (Å²) in [5.41, 5.74) is 4.72. The molecule has 0 amide bonds. The van der Waals surface area contributed by atoms with Crippen LogP contribution < -0.4 is 10.4 Å². The van der Waals surface area contributed by atoms with Gasteiger partial charge >= 0.3 is 0 Å². The fraction of sp³-hybridized carbons (Fsp3) is 0.500. The number of morpholine rings is 1. The van der Waals surface area contributed by atoms with Gasteiger partial charge in [0, 0.05) is 25.3 Å². The molecule has 1 aromatic rings. The number of hydrogen-bond acceptors (Lipinski definition) is 4. The molecule has 1 fully saturated rings. The molecule has 1 heterocycles. The van der Waals surface area contributed by atoms with Crippen molar-refractivity contribution in [2.75, 3.05) is 38.3 Å². The van der Waals surface area contributed by atoms with Crippen molar-refractivity contribution < 1.29 is 14.0 Å². The van der Waals surface area contributed by atoms with E-state index < -0.39 is 0 Å². The number of nitrogens with zero attached hydrogens (tertiary/aromatic N) is 1. The van der Waals surface area contributed by atoms with E-state index in [1.807, 2.05) is 0 Å². The van der Waals surface area contributed by atoms with Gasteiger partial charge in [0.15, 0.2) is 0 Å². The molecule has 0 aromatic heterocycles. The Bertz CT molecular complexity index is 368. The molecule has 4 nitrogen and oxygen atoms in total. The maximum absolute atomic E-state index is 13.3. The van der Waals surface area contributed by atoms with Gasteiger partial charge in [0.2, 0.25) is 0 Å². The smallest absolute Gasteiger partial charge is 0.125 e. The van der Waals surface area contributed by atoms with Gasteiger partial charge in [-0.05, 0) is 17.7 Å². The normalized spacial score (nSPS) is 16.2. The summed E-state index contributed by atoms with van der Waals surface area (Å²) < 4.78 is 18.6. The Morgan fingerprint density at radius 3 is 2.88 bits per heavy atom. The van der Waals surface area contributed by atoms with Crippen molar-refractivity contribution >= 4 is 5.69 Å². The van der Waals surface area contributed by atoms with Gasteiger partial charge in [0.25, 0.3) is 0 Å². The molecular weight excluding hydrogens is 223 g/mol. The Labute approximate surface area is 100 Å². The van der Waals surface area contributed by atoms with Gasteiger partial charge in [-0.1, -0.05) is 6.07 Å². The van der Waals surface area contributed by atoms with Crippen LogP contribution in [-0.4, -0.2) is 33.4 Å². The average molecular weight is 240 g/mol. The van der Waals surface area contributed by atoms with E-state index in [2.05, 4.69) is 10.4 Å². The first-order chi connectivity index (χ1) is 8.31. The SMILES string of the molecule is CONCc1ccc(F)cc1N1CCOCC1. The summed E-state index contributed by atoms with van der Waals surface area (Å²) in [6, 6.07) is 4.82. The Kier molecular flexibility index (Phi) is 4.30. The van der Waals surface area contributed by atoms with Gasteiger partial charge in [0.05, 0.1) is 20.3 Å². The molecular formula is C12H17FN2O2. The van der Waals surface area contributed by atoms with E-state index in [9.17, 15) is 4.39 Å². The van der Waals surface area contributed by atoms with Crippen LogP contribution >= 0.6 is 0 Å². The molecule has 0 radical (unpaired) electrons. The number of hydrogen-bond donors (Lipinski definition) is 1. The molecule has 1 aliphatic heterocycles. The van der Waals surface area contributed by atoms with E-state index >= 15 is 0 Å². The molecule has 17 heavy (non-hydrogen) atoms. The van der Waals surface area contributed by atoms with Gasteiger partial charge in [0.1, 0.15) is 5.82 Å². The summed E-state index contributed by atoms with van der Waals surface area (Å²) in [7, 11) is 1.57. The summed E-state index contributed by atoms with van der Waals surface area (Å²) in [5, 5.41) is 0. The van der Waals surface area contributed by atoms with Crippen LogP contribution in [0.3, 0.4) is 0 Å². The number of hydroxylamine groups is 1. The van der Waals surface area contributed by atoms with Crippen molar-refractivity contribution in [2.45, 2.75) is 6.54 Å². The quantitative estimate of drug-likeness (QED) is 0.805. The topological polar surface area (TPSA) is 33.7 Å². The van der Waals surface area contributed by atoms with Gasteiger partial charge < -0.3 is 14.5 Å². The zero-order valence-corrected chi connectivity index (χ0v) is 9.91. The number of anilines is 1. The predicted octanol–water partition coefficient (Wildman–Crippen LogP) is 1.31. The summed E-state index contributed by atoms with van der Waals surface area (Å²) in [5.74, 6) is -0.215. The minimum absolute atomic E-state index is 0.215. The van der Waals surface area contributed by atoms with Crippen LogP contribution in [0.15, 0.2) is 18.2 Å². The van der Waals surface area contributed by atoms with Gasteiger partial charge in [-0.15, -0.1) is 0 Å². The molecule has 94 valence electrons. The lowest BCUT2D eigenvalue weighted by molar-refractivity contribution is 0.0866. The first kappa shape index (κ1) is 12.3. The number of ether oxygens (including phenoxy) is 1. The Hall–Kier alpha value is -1.17. The lowest BCUT2D eigenvalue weighted by Gasteiger charge is -2.30. The molecule has 0 bridgehead atoms. The minimum Gasteiger partial charge on any atom is -0.378 e. The highest BCUT2D eigenvalue weighted by Gasteiger charge is 2.15. The van der Waals surface area contributed by atoms with Gasteiger partial charge in [-0.3, -0.25) is 0 Å². The maximum atomic E-state index is 13.3. The Balaban J connectivity index is 2.19. The predicted molar refractivity (Wildman–Crippen MR) is 63.3 cm³/mol. The van der Waals surface area contributed by atoms with E-state index in [4.69, 9.17) is 9.57 Å². The van der Waals surface area contributed by atoms with Crippen LogP contribution in [0.5, 0.6) is 0 Å². The second-order valence-corrected chi connectivity index (χ2v) is 3.90. The molecule has 0 unspecified atom stereocenters. The van der Waals surface area contributed by atoms with E-state index in [1.54, 1.807) is 19.2 Å². The molecule has 1 aromatic carbocycles. The van der Waals surface area contributed by atoms with Crippen molar-refractivity contribution in [1.82, 2.24) is 5.48 Å². The Morgan fingerprint density at radius 2 is 2.18 bits per heavy atom. The number of nitrogens with one attached hydrogen (secondary N) is 1. The molecule has 5 heteroatoms. The third-order valence-electron chi connectivity index (χ3n) is 2.81. The third-order valence-corrected chi connectivity index (χ3v) is 2.81. The van der Waals surface area contributed by atoms with Crippen molar-refractivity contribution in [1.29, 1.82) is 0 Å². The average Bonchev–Trinajstić information content (AvgIpc) is 2.38. The van der Waals surface area contributed by atoms with E-state index in [1.165, 1.54) is 6.07 Å². The molecule has 0 atom stereocenters. The van der Waals surface area contributed by atoms with E-state index in [-0.39, 0.29) is 5.82 Å². The molecule has 0 aliphatic carbocycles. The maximum Gasteiger partial charge on any atom is 0.125 e. The highest BCUT2D eigenvalue weighted by molar-refractivity contribution is 5.54. The monoisotopic (exact) mass is 240 g/mol. The zero-order valence-electron chi connectivity index (χ0n) is 9.91. The van der Waals surface area contributed by atoms with Crippen LogP contribution in [0.2, 0.25) is 0 Å². The van der Waals surface area contributed by atoms with Gasteiger partial charge in [-0.2, -0.15) is 5.48 Å². The first-order valence-electron chi connectivity index (χ1n) is 5.68. The van der Waals surface area contributed by atoms with Crippen LogP contribution in [0.25, 0.3) is 0 Å². The lowest BCUT2D eigenvalue weighted by atomic mass is 10.1. The molecule has 0 saturated carbocycles. The van der Waals surface area contributed by atoms with Crippen LogP contribution in [0.4, 0.5) is 10.1 Å². The molecule has 1 N–H and O–H groups in total. The number of benzene rings is 1.